The fraction of sp³-hybridized carbons (Fsp3) is 0.200. The lowest BCUT2D eigenvalue weighted by molar-refractivity contribution is 0.296. The van der Waals surface area contributed by atoms with Crippen LogP contribution in [0, 0.1) is 6.92 Å². The summed E-state index contributed by atoms with van der Waals surface area (Å²) in [5, 5.41) is 2.23. The van der Waals surface area contributed by atoms with Crippen molar-refractivity contribution < 1.29 is 4.74 Å². The van der Waals surface area contributed by atoms with E-state index in [9.17, 15) is 0 Å². The van der Waals surface area contributed by atoms with Crippen LogP contribution in [-0.4, -0.2) is 9.97 Å². The molecule has 0 aliphatic rings. The lowest BCUT2D eigenvalue weighted by Gasteiger charge is -2.04. The van der Waals surface area contributed by atoms with Crippen LogP contribution in [0.1, 0.15) is 10.6 Å². The van der Waals surface area contributed by atoms with Crippen molar-refractivity contribution in [1.82, 2.24) is 9.97 Å². The minimum Gasteiger partial charge on any atom is -0.472 e. The van der Waals surface area contributed by atoms with Crippen molar-refractivity contribution in [2.24, 2.45) is 0 Å². The summed E-state index contributed by atoms with van der Waals surface area (Å²) in [6.45, 7) is 2.37. The van der Waals surface area contributed by atoms with Gasteiger partial charge in [-0.05, 0) is 30.0 Å². The van der Waals surface area contributed by atoms with Gasteiger partial charge in [0.2, 0.25) is 11.2 Å². The van der Waals surface area contributed by atoms with Crippen LogP contribution >= 0.6 is 22.9 Å². The first-order valence-electron chi connectivity index (χ1n) is 4.40. The van der Waals surface area contributed by atoms with Gasteiger partial charge in [0.25, 0.3) is 0 Å². The maximum absolute atomic E-state index is 5.71. The van der Waals surface area contributed by atoms with Crippen molar-refractivity contribution in [1.29, 1.82) is 0 Å². The van der Waals surface area contributed by atoms with E-state index in [0.29, 0.717) is 12.5 Å². The number of rotatable bonds is 3. The van der Waals surface area contributed by atoms with E-state index in [1.54, 1.807) is 17.4 Å². The first kappa shape index (κ1) is 10.4. The smallest absolute Gasteiger partial charge is 0.225 e. The summed E-state index contributed by atoms with van der Waals surface area (Å²) in [4.78, 5) is 9.08. The Kier molecular flexibility index (Phi) is 3.18. The van der Waals surface area contributed by atoms with E-state index in [1.165, 1.54) is 0 Å². The molecular weight excluding hydrogens is 232 g/mol. The number of hydrogen-bond acceptors (Lipinski definition) is 4. The third kappa shape index (κ3) is 2.91. The molecule has 2 aromatic heterocycles. The van der Waals surface area contributed by atoms with E-state index < -0.39 is 0 Å². The summed E-state index contributed by atoms with van der Waals surface area (Å²) < 4.78 is 5.49. The molecule has 2 aromatic rings. The Morgan fingerprint density at radius 1 is 1.47 bits per heavy atom. The van der Waals surface area contributed by atoms with Crippen LogP contribution in [0.15, 0.2) is 23.6 Å². The van der Waals surface area contributed by atoms with Gasteiger partial charge in [0.15, 0.2) is 0 Å². The minimum atomic E-state index is 0.219. The molecule has 0 N–H and O–H groups in total. The van der Waals surface area contributed by atoms with Gasteiger partial charge >= 0.3 is 0 Å². The number of aromatic nitrogens is 2. The summed E-state index contributed by atoms with van der Waals surface area (Å²) in [5.41, 5.74) is 0.802. The normalized spacial score (nSPS) is 10.3. The molecule has 0 radical (unpaired) electrons. The summed E-state index contributed by atoms with van der Waals surface area (Å²) >= 11 is 7.36. The maximum atomic E-state index is 5.71. The number of thiophene rings is 1. The van der Waals surface area contributed by atoms with Gasteiger partial charge in [0.1, 0.15) is 6.61 Å². The third-order valence-corrected chi connectivity index (χ3v) is 2.76. The van der Waals surface area contributed by atoms with Crippen molar-refractivity contribution in [3.63, 3.8) is 0 Å². The number of ether oxygens (including phenoxy) is 1. The molecule has 3 nitrogen and oxygen atoms in total. The number of hydrogen-bond donors (Lipinski definition) is 0. The van der Waals surface area contributed by atoms with Crippen molar-refractivity contribution in [2.75, 3.05) is 0 Å². The van der Waals surface area contributed by atoms with Crippen LogP contribution in [0.4, 0.5) is 0 Å². The second kappa shape index (κ2) is 4.59. The molecule has 2 rings (SSSR count). The van der Waals surface area contributed by atoms with Crippen LogP contribution in [0.3, 0.4) is 0 Å². The van der Waals surface area contributed by atoms with Crippen molar-refractivity contribution in [3.8, 4) is 5.88 Å². The molecule has 78 valence electrons. The van der Waals surface area contributed by atoms with Crippen LogP contribution < -0.4 is 4.74 Å². The van der Waals surface area contributed by atoms with Crippen molar-refractivity contribution >= 4 is 22.9 Å². The fourth-order valence-electron chi connectivity index (χ4n) is 1.12. The SMILES string of the molecule is Cc1cc(OCc2cccs2)nc(Cl)n1. The molecule has 0 bridgehead atoms. The number of aryl methyl sites for hydroxylation is 1. The highest BCUT2D eigenvalue weighted by atomic mass is 35.5. The second-order valence-electron chi connectivity index (χ2n) is 2.98. The highest BCUT2D eigenvalue weighted by Crippen LogP contribution is 2.15. The van der Waals surface area contributed by atoms with Gasteiger partial charge in [0.05, 0.1) is 0 Å². The van der Waals surface area contributed by atoms with E-state index in [4.69, 9.17) is 16.3 Å². The molecule has 0 aromatic carbocycles. The quantitative estimate of drug-likeness (QED) is 0.774. The first-order chi connectivity index (χ1) is 7.24. The van der Waals surface area contributed by atoms with Gasteiger partial charge in [-0.1, -0.05) is 6.07 Å². The molecule has 0 saturated carbocycles. The molecule has 0 aliphatic carbocycles. The lowest BCUT2D eigenvalue weighted by Crippen LogP contribution is -1.97. The van der Waals surface area contributed by atoms with Gasteiger partial charge in [-0.25, -0.2) is 4.98 Å². The molecule has 0 saturated heterocycles. The van der Waals surface area contributed by atoms with Crippen LogP contribution in [0.5, 0.6) is 5.88 Å². The largest absolute Gasteiger partial charge is 0.472 e. The maximum Gasteiger partial charge on any atom is 0.225 e. The zero-order chi connectivity index (χ0) is 10.7. The van der Waals surface area contributed by atoms with Gasteiger partial charge in [-0.2, -0.15) is 4.98 Å². The molecule has 0 amide bonds. The van der Waals surface area contributed by atoms with E-state index >= 15 is 0 Å². The predicted octanol–water partition coefficient (Wildman–Crippen LogP) is 3.08. The van der Waals surface area contributed by atoms with Gasteiger partial charge in [0, 0.05) is 16.6 Å². The van der Waals surface area contributed by atoms with E-state index in [1.807, 2.05) is 24.4 Å². The second-order valence-corrected chi connectivity index (χ2v) is 4.35. The average Bonchev–Trinajstić information content (AvgIpc) is 2.65. The fourth-order valence-corrected chi connectivity index (χ4v) is 1.95. The predicted molar refractivity (Wildman–Crippen MR) is 60.4 cm³/mol. The molecule has 0 atom stereocenters. The topological polar surface area (TPSA) is 35.0 Å². The Morgan fingerprint density at radius 2 is 2.33 bits per heavy atom. The van der Waals surface area contributed by atoms with E-state index in [0.717, 1.165) is 10.6 Å². The third-order valence-electron chi connectivity index (χ3n) is 1.75. The average molecular weight is 241 g/mol. The van der Waals surface area contributed by atoms with E-state index in [2.05, 4.69) is 9.97 Å². The molecule has 0 aliphatic heterocycles. The summed E-state index contributed by atoms with van der Waals surface area (Å²) in [6.07, 6.45) is 0. The minimum absolute atomic E-state index is 0.219. The summed E-state index contributed by atoms with van der Waals surface area (Å²) in [7, 11) is 0. The van der Waals surface area contributed by atoms with E-state index in [-0.39, 0.29) is 5.28 Å². The molecule has 5 heteroatoms. The van der Waals surface area contributed by atoms with Crippen molar-refractivity contribution in [3.05, 3.63) is 39.4 Å². The first-order valence-corrected chi connectivity index (χ1v) is 5.66. The van der Waals surface area contributed by atoms with Crippen LogP contribution in [0.2, 0.25) is 5.28 Å². The van der Waals surface area contributed by atoms with Gasteiger partial charge in [-0.15, -0.1) is 11.3 Å². The molecule has 0 fully saturated rings. The number of halogens is 1. The highest BCUT2D eigenvalue weighted by Gasteiger charge is 2.01. The van der Waals surface area contributed by atoms with Gasteiger partial charge < -0.3 is 4.74 Å². The summed E-state index contributed by atoms with van der Waals surface area (Å²) in [6, 6.07) is 5.77. The van der Waals surface area contributed by atoms with Crippen molar-refractivity contribution in [2.45, 2.75) is 13.5 Å². The summed E-state index contributed by atoms with van der Waals surface area (Å²) in [5.74, 6) is 0.515. The Balaban J connectivity index is 2.05. The Bertz CT molecular complexity index is 424. The molecule has 0 spiro atoms. The van der Waals surface area contributed by atoms with Crippen LogP contribution in [-0.2, 0) is 6.61 Å². The molecular formula is C10H9ClN2OS. The lowest BCUT2D eigenvalue weighted by atomic mass is 10.4. The molecule has 0 unspecified atom stereocenters. The van der Waals surface area contributed by atoms with Crippen LogP contribution in [0.25, 0.3) is 0 Å². The zero-order valence-corrected chi connectivity index (χ0v) is 9.68. The molecule has 2 heterocycles. The Hall–Kier alpha value is -1.13. The highest BCUT2D eigenvalue weighted by molar-refractivity contribution is 7.09. The van der Waals surface area contributed by atoms with Gasteiger partial charge in [-0.3, -0.25) is 0 Å². The Morgan fingerprint density at radius 3 is 3.00 bits per heavy atom. The number of nitrogens with zero attached hydrogens (tertiary/aromatic N) is 2. The molecule has 15 heavy (non-hydrogen) atoms. The Labute approximate surface area is 96.7 Å². The monoisotopic (exact) mass is 240 g/mol. The zero-order valence-electron chi connectivity index (χ0n) is 8.11. The standard InChI is InChI=1S/C10H9ClN2OS/c1-7-5-9(13-10(11)12-7)14-6-8-3-2-4-15-8/h2-5H,6H2,1H3.